The number of carbonyl (C=O) groups is 1. The van der Waals surface area contributed by atoms with Crippen molar-refractivity contribution in [1.82, 2.24) is 15.6 Å². The van der Waals surface area contributed by atoms with Gasteiger partial charge in [-0.25, -0.2) is 4.85 Å². The minimum absolute atomic E-state index is 0.0510. The van der Waals surface area contributed by atoms with Crippen LogP contribution in [-0.4, -0.2) is 37.0 Å². The fourth-order valence-corrected chi connectivity index (χ4v) is 3.52. The van der Waals surface area contributed by atoms with Gasteiger partial charge in [0.15, 0.2) is 5.78 Å². The largest absolute Gasteiger partial charge is 0.493 e. The summed E-state index contributed by atoms with van der Waals surface area (Å²) in [7, 11) is 0. The predicted octanol–water partition coefficient (Wildman–Crippen LogP) is 3.79. The van der Waals surface area contributed by atoms with Crippen LogP contribution in [0, 0.1) is 18.4 Å². The maximum absolute atomic E-state index is 12.8. The number of nitrogens with one attached hydrogen (secondary N) is 2. The Kier molecular flexibility index (Phi) is 7.95. The molecule has 158 valence electrons. The summed E-state index contributed by atoms with van der Waals surface area (Å²) in [5.74, 6) is 1.84. The fourth-order valence-electron chi connectivity index (χ4n) is 3.52. The molecule has 6 heteroatoms. The van der Waals surface area contributed by atoms with Crippen molar-refractivity contribution < 1.29 is 9.53 Å². The van der Waals surface area contributed by atoms with Crippen LogP contribution in [0.5, 0.6) is 5.75 Å². The molecule has 0 saturated carbocycles. The smallest absolute Gasteiger partial charge is 0.205 e. The van der Waals surface area contributed by atoms with E-state index in [1.54, 1.807) is 6.07 Å². The number of hydrogen-bond donors (Lipinski definition) is 2. The van der Waals surface area contributed by atoms with Crippen LogP contribution in [0.4, 0.5) is 5.69 Å². The van der Waals surface area contributed by atoms with Crippen molar-refractivity contribution in [2.24, 2.45) is 11.8 Å². The summed E-state index contributed by atoms with van der Waals surface area (Å²) in [5, 5.41) is 6.93. The number of hydrogen-bond acceptors (Lipinski definition) is 5. The maximum Gasteiger partial charge on any atom is 0.205 e. The van der Waals surface area contributed by atoms with E-state index in [0.29, 0.717) is 29.7 Å². The molecule has 0 amide bonds. The molecule has 1 aliphatic rings. The third-order valence-electron chi connectivity index (χ3n) is 5.07. The topological polar surface area (TPSA) is 67.6 Å². The van der Waals surface area contributed by atoms with Crippen molar-refractivity contribution >= 4 is 11.5 Å². The minimum atomic E-state index is -0.0510. The molecule has 1 unspecified atom stereocenters. The predicted molar refractivity (Wildman–Crippen MR) is 118 cm³/mol. The van der Waals surface area contributed by atoms with Crippen LogP contribution in [0.3, 0.4) is 0 Å². The van der Waals surface area contributed by atoms with Gasteiger partial charge in [0.1, 0.15) is 5.75 Å². The molecule has 1 aliphatic heterocycles. The van der Waals surface area contributed by atoms with Crippen LogP contribution in [-0.2, 0) is 13.0 Å². The number of ether oxygens (including phenoxy) is 1. The van der Waals surface area contributed by atoms with E-state index in [4.69, 9.17) is 11.3 Å². The minimum Gasteiger partial charge on any atom is -0.493 e. The summed E-state index contributed by atoms with van der Waals surface area (Å²) < 4.78 is 5.95. The van der Waals surface area contributed by atoms with Gasteiger partial charge >= 0.3 is 0 Å². The molecular formula is C24H30N4O2. The number of Topliss-reactive ketones (excluding diaryl/α,β-unsaturated/α-hetero) is 1. The Bertz CT molecular complexity index is 898. The number of nitrogens with zero attached hydrogens (tertiary/aromatic N) is 2. The number of ketones is 1. The normalized spacial score (nSPS) is 15.9. The molecule has 1 fully saturated rings. The first-order valence-electron chi connectivity index (χ1n) is 10.6. The molecule has 0 radical (unpaired) electrons. The van der Waals surface area contributed by atoms with Crippen molar-refractivity contribution in [3.05, 3.63) is 64.8 Å². The molecule has 1 atom stereocenters. The molecule has 2 heterocycles. The second-order valence-electron chi connectivity index (χ2n) is 8.32. The van der Waals surface area contributed by atoms with E-state index >= 15 is 0 Å². The van der Waals surface area contributed by atoms with Gasteiger partial charge in [0.2, 0.25) is 5.69 Å². The Morgan fingerprint density at radius 2 is 2.13 bits per heavy atom. The molecule has 1 aromatic carbocycles. The van der Waals surface area contributed by atoms with Crippen LogP contribution < -0.4 is 15.4 Å². The van der Waals surface area contributed by atoms with E-state index in [-0.39, 0.29) is 12.2 Å². The van der Waals surface area contributed by atoms with Crippen LogP contribution in [0.25, 0.3) is 4.85 Å². The number of carbonyl (C=O) groups excluding carboxylic acids is 1. The Labute approximate surface area is 178 Å². The van der Waals surface area contributed by atoms with Crippen LogP contribution >= 0.6 is 0 Å². The van der Waals surface area contributed by atoms with Gasteiger partial charge in [-0.3, -0.25) is 9.78 Å². The molecule has 1 aromatic heterocycles. The summed E-state index contributed by atoms with van der Waals surface area (Å²) in [6.45, 7) is 15.9. The molecule has 2 N–H and O–H groups in total. The summed E-state index contributed by atoms with van der Waals surface area (Å²) in [6.07, 6.45) is 4.45. The molecular weight excluding hydrogens is 376 g/mol. The van der Waals surface area contributed by atoms with Gasteiger partial charge in [-0.15, -0.1) is 0 Å². The average Bonchev–Trinajstić information content (AvgIpc) is 3.26. The average molecular weight is 407 g/mol. The van der Waals surface area contributed by atoms with Crippen LogP contribution in [0.2, 0.25) is 0 Å². The summed E-state index contributed by atoms with van der Waals surface area (Å²) in [6, 6.07) is 7.65. The first-order valence-corrected chi connectivity index (χ1v) is 10.6. The summed E-state index contributed by atoms with van der Waals surface area (Å²) in [5.41, 5.74) is 2.86. The van der Waals surface area contributed by atoms with Gasteiger partial charge in [-0.1, -0.05) is 19.9 Å². The first kappa shape index (κ1) is 21.9. The SMILES string of the molecule is [C-]#[N+]c1cncc(C(=O)Cc2cc(CNCC3CCNC3)cc(OCC(C)C)c2)c1. The third-order valence-corrected chi connectivity index (χ3v) is 5.07. The maximum atomic E-state index is 12.8. The van der Waals surface area contributed by atoms with Gasteiger partial charge in [0.05, 0.1) is 13.2 Å². The lowest BCUT2D eigenvalue weighted by Gasteiger charge is -2.14. The van der Waals surface area contributed by atoms with E-state index in [2.05, 4.69) is 46.4 Å². The van der Waals surface area contributed by atoms with Crippen molar-refractivity contribution in [3.8, 4) is 5.75 Å². The Morgan fingerprint density at radius 1 is 1.30 bits per heavy atom. The van der Waals surface area contributed by atoms with Crippen molar-refractivity contribution in [3.63, 3.8) is 0 Å². The molecule has 0 spiro atoms. The van der Waals surface area contributed by atoms with E-state index in [1.165, 1.54) is 18.8 Å². The van der Waals surface area contributed by atoms with Gasteiger partial charge in [0.25, 0.3) is 0 Å². The zero-order valence-corrected chi connectivity index (χ0v) is 17.8. The Morgan fingerprint density at radius 3 is 2.87 bits per heavy atom. The van der Waals surface area contributed by atoms with Crippen LogP contribution in [0.1, 0.15) is 41.8 Å². The summed E-state index contributed by atoms with van der Waals surface area (Å²) in [4.78, 5) is 20.1. The number of pyridine rings is 1. The molecule has 2 aromatic rings. The molecule has 1 saturated heterocycles. The van der Waals surface area contributed by atoms with Crippen molar-refractivity contribution in [1.29, 1.82) is 0 Å². The zero-order chi connectivity index (χ0) is 21.3. The first-order chi connectivity index (χ1) is 14.5. The standard InChI is InChI=1S/C24H30N4O2/c1-17(2)16-30-23-7-19(9-24(29)21-10-22(25-3)15-28-14-21)6-20(8-23)13-27-12-18-4-5-26-11-18/h6-8,10,14-15,17-18,26-27H,4-5,9,11-13,16H2,1-2H3. The molecule has 0 aliphatic carbocycles. The van der Waals surface area contributed by atoms with Gasteiger partial charge < -0.3 is 15.4 Å². The Balaban J connectivity index is 1.71. The lowest BCUT2D eigenvalue weighted by molar-refractivity contribution is 0.0992. The lowest BCUT2D eigenvalue weighted by Crippen LogP contribution is -2.24. The van der Waals surface area contributed by atoms with Gasteiger partial charge in [0, 0.05) is 30.9 Å². The van der Waals surface area contributed by atoms with Crippen LogP contribution in [0.15, 0.2) is 36.7 Å². The number of benzene rings is 1. The van der Waals surface area contributed by atoms with Gasteiger partial charge in [-0.2, -0.15) is 0 Å². The second-order valence-corrected chi connectivity index (χ2v) is 8.32. The molecule has 30 heavy (non-hydrogen) atoms. The Hall–Kier alpha value is -2.75. The lowest BCUT2D eigenvalue weighted by atomic mass is 10.0. The highest BCUT2D eigenvalue weighted by molar-refractivity contribution is 5.98. The quantitative estimate of drug-likeness (QED) is 0.464. The van der Waals surface area contributed by atoms with Crippen molar-refractivity contribution in [2.45, 2.75) is 33.2 Å². The molecule has 6 nitrogen and oxygen atoms in total. The van der Waals surface area contributed by atoms with Gasteiger partial charge in [-0.05, 0) is 67.2 Å². The second kappa shape index (κ2) is 10.9. The third kappa shape index (κ3) is 6.65. The van der Waals surface area contributed by atoms with Crippen molar-refractivity contribution in [2.75, 3.05) is 26.2 Å². The van der Waals surface area contributed by atoms with E-state index in [0.717, 1.165) is 43.1 Å². The highest BCUT2D eigenvalue weighted by Gasteiger charge is 2.14. The number of aromatic nitrogens is 1. The summed E-state index contributed by atoms with van der Waals surface area (Å²) >= 11 is 0. The molecule has 3 rings (SSSR count). The monoisotopic (exact) mass is 406 g/mol. The van der Waals surface area contributed by atoms with E-state index in [9.17, 15) is 4.79 Å². The van der Waals surface area contributed by atoms with E-state index < -0.39 is 0 Å². The molecule has 0 bridgehead atoms. The highest BCUT2D eigenvalue weighted by Crippen LogP contribution is 2.21. The zero-order valence-electron chi connectivity index (χ0n) is 17.8. The van der Waals surface area contributed by atoms with E-state index in [1.807, 2.05) is 6.07 Å². The fraction of sp³-hybridized carbons (Fsp3) is 0.458. The number of rotatable bonds is 10. The highest BCUT2D eigenvalue weighted by atomic mass is 16.5.